The van der Waals surface area contributed by atoms with Crippen molar-refractivity contribution in [3.8, 4) is 0 Å². The van der Waals surface area contributed by atoms with Gasteiger partial charge < -0.3 is 14.9 Å². The lowest BCUT2D eigenvalue weighted by Gasteiger charge is -2.41. The summed E-state index contributed by atoms with van der Waals surface area (Å²) in [7, 11) is 0. The number of β-amino-alcohol motifs (C(OH)–C–C–N with tert-alkyl or cyclic N) is 1. The van der Waals surface area contributed by atoms with E-state index in [9.17, 15) is 9.90 Å². The summed E-state index contributed by atoms with van der Waals surface area (Å²) in [5.74, 6) is 0.185. The fourth-order valence-electron chi connectivity index (χ4n) is 4.81. The van der Waals surface area contributed by atoms with Crippen molar-refractivity contribution in [3.63, 3.8) is 0 Å². The van der Waals surface area contributed by atoms with Crippen LogP contribution in [0.5, 0.6) is 0 Å². The summed E-state index contributed by atoms with van der Waals surface area (Å²) in [6.45, 7) is 5.66. The normalized spacial score (nSPS) is 25.7. The Hall–Kier alpha value is -1.59. The van der Waals surface area contributed by atoms with Crippen LogP contribution in [0.4, 0.5) is 5.69 Å². The van der Waals surface area contributed by atoms with Crippen LogP contribution in [0.2, 0.25) is 0 Å². The minimum atomic E-state index is -0.171. The number of aliphatic hydroxyl groups is 1. The molecule has 3 aliphatic heterocycles. The third-order valence-corrected chi connectivity index (χ3v) is 6.28. The second kappa shape index (κ2) is 7.97. The molecule has 3 heterocycles. The lowest BCUT2D eigenvalue weighted by atomic mass is 9.98. The molecule has 3 aliphatic rings. The summed E-state index contributed by atoms with van der Waals surface area (Å²) >= 11 is 0. The number of nitrogens with zero attached hydrogens (tertiary/aromatic N) is 3. The summed E-state index contributed by atoms with van der Waals surface area (Å²) < 4.78 is 0. The predicted octanol–water partition coefficient (Wildman–Crippen LogP) is 2.35. The van der Waals surface area contributed by atoms with E-state index in [-0.39, 0.29) is 12.0 Å². The minimum absolute atomic E-state index is 0.171. The van der Waals surface area contributed by atoms with Crippen molar-refractivity contribution in [2.45, 2.75) is 50.7 Å². The lowest BCUT2D eigenvalue weighted by molar-refractivity contribution is 0.0241. The van der Waals surface area contributed by atoms with Crippen molar-refractivity contribution in [2.75, 3.05) is 44.2 Å². The molecule has 3 saturated heterocycles. The summed E-state index contributed by atoms with van der Waals surface area (Å²) in [6, 6.07) is 8.62. The fourth-order valence-corrected chi connectivity index (χ4v) is 4.81. The Balaban J connectivity index is 1.39. The third-order valence-electron chi connectivity index (χ3n) is 6.28. The van der Waals surface area contributed by atoms with E-state index < -0.39 is 0 Å². The monoisotopic (exact) mass is 357 g/mol. The van der Waals surface area contributed by atoms with Crippen LogP contribution in [-0.4, -0.2) is 72.2 Å². The van der Waals surface area contributed by atoms with Crippen LogP contribution in [0.25, 0.3) is 0 Å². The molecule has 5 nitrogen and oxygen atoms in total. The van der Waals surface area contributed by atoms with Gasteiger partial charge in [-0.2, -0.15) is 0 Å². The molecule has 3 fully saturated rings. The second-order valence-electron chi connectivity index (χ2n) is 8.03. The van der Waals surface area contributed by atoms with Gasteiger partial charge in [-0.1, -0.05) is 12.1 Å². The highest BCUT2D eigenvalue weighted by Gasteiger charge is 2.31. The number of rotatable bonds is 3. The zero-order chi connectivity index (χ0) is 17.9. The zero-order valence-corrected chi connectivity index (χ0v) is 15.6. The molecular formula is C21H31N3O2. The van der Waals surface area contributed by atoms with Gasteiger partial charge in [-0.05, 0) is 57.2 Å². The van der Waals surface area contributed by atoms with Crippen molar-refractivity contribution in [1.82, 2.24) is 9.80 Å². The Morgan fingerprint density at radius 3 is 2.38 bits per heavy atom. The molecule has 0 saturated carbocycles. The Morgan fingerprint density at radius 2 is 1.65 bits per heavy atom. The largest absolute Gasteiger partial charge is 0.392 e. The topological polar surface area (TPSA) is 47.0 Å². The van der Waals surface area contributed by atoms with Crippen molar-refractivity contribution < 1.29 is 9.90 Å². The zero-order valence-electron chi connectivity index (χ0n) is 15.6. The summed E-state index contributed by atoms with van der Waals surface area (Å²) in [5, 5.41) is 9.92. The van der Waals surface area contributed by atoms with E-state index in [4.69, 9.17) is 0 Å². The van der Waals surface area contributed by atoms with E-state index in [1.165, 1.54) is 12.8 Å². The summed E-state index contributed by atoms with van der Waals surface area (Å²) in [5.41, 5.74) is 1.97. The van der Waals surface area contributed by atoms with Gasteiger partial charge in [0.05, 0.1) is 11.7 Å². The Bertz CT molecular complexity index is 621. The van der Waals surface area contributed by atoms with Crippen LogP contribution in [0.3, 0.4) is 0 Å². The van der Waals surface area contributed by atoms with Crippen molar-refractivity contribution in [3.05, 3.63) is 29.8 Å². The molecule has 26 heavy (non-hydrogen) atoms. The molecule has 1 N–H and O–H groups in total. The average Bonchev–Trinajstić information content (AvgIpc) is 3.22. The van der Waals surface area contributed by atoms with Crippen LogP contribution in [0, 0.1) is 0 Å². The molecule has 0 unspecified atom stereocenters. The maximum atomic E-state index is 13.2. The predicted molar refractivity (Wildman–Crippen MR) is 104 cm³/mol. The number of hydrogen-bond donors (Lipinski definition) is 1. The van der Waals surface area contributed by atoms with Crippen LogP contribution in [0.15, 0.2) is 24.3 Å². The number of aliphatic hydroxyl groups excluding tert-OH is 1. The van der Waals surface area contributed by atoms with Gasteiger partial charge in [-0.25, -0.2) is 0 Å². The van der Waals surface area contributed by atoms with E-state index in [2.05, 4.69) is 15.9 Å². The number of carbonyl (C=O) groups is 1. The minimum Gasteiger partial charge on any atom is -0.392 e. The molecule has 0 bridgehead atoms. The highest BCUT2D eigenvalue weighted by molar-refractivity contribution is 6.00. The first kappa shape index (κ1) is 17.8. The molecule has 1 amide bonds. The lowest BCUT2D eigenvalue weighted by Crippen LogP contribution is -2.50. The van der Waals surface area contributed by atoms with Crippen LogP contribution in [-0.2, 0) is 0 Å². The van der Waals surface area contributed by atoms with Gasteiger partial charge >= 0.3 is 0 Å². The first-order chi connectivity index (χ1) is 12.7. The number of hydrogen-bond acceptors (Lipinski definition) is 4. The van der Waals surface area contributed by atoms with Gasteiger partial charge in [-0.3, -0.25) is 9.69 Å². The van der Waals surface area contributed by atoms with E-state index in [0.717, 1.165) is 76.2 Å². The van der Waals surface area contributed by atoms with Gasteiger partial charge in [0, 0.05) is 44.5 Å². The third kappa shape index (κ3) is 3.74. The SMILES string of the molecule is O=C(c1ccccc1N1CCCC1)N1CCC(N2CCC[C@@H](O)C2)CC1. The highest BCUT2D eigenvalue weighted by Crippen LogP contribution is 2.27. The van der Waals surface area contributed by atoms with Gasteiger partial charge in [0.25, 0.3) is 5.91 Å². The maximum Gasteiger partial charge on any atom is 0.255 e. The van der Waals surface area contributed by atoms with E-state index in [1.54, 1.807) is 0 Å². The quantitative estimate of drug-likeness (QED) is 0.902. The molecular weight excluding hydrogens is 326 g/mol. The molecule has 1 aromatic rings. The first-order valence-corrected chi connectivity index (χ1v) is 10.3. The second-order valence-corrected chi connectivity index (χ2v) is 8.03. The fraction of sp³-hybridized carbons (Fsp3) is 0.667. The molecule has 1 atom stereocenters. The highest BCUT2D eigenvalue weighted by atomic mass is 16.3. The van der Waals surface area contributed by atoms with Crippen molar-refractivity contribution in [1.29, 1.82) is 0 Å². The molecule has 1 aromatic carbocycles. The van der Waals surface area contributed by atoms with Gasteiger partial charge in [0.1, 0.15) is 0 Å². The summed E-state index contributed by atoms with van der Waals surface area (Å²) in [6.07, 6.45) is 6.32. The maximum absolute atomic E-state index is 13.2. The van der Waals surface area contributed by atoms with Gasteiger partial charge in [0.15, 0.2) is 0 Å². The number of benzene rings is 1. The van der Waals surface area contributed by atoms with Crippen molar-refractivity contribution >= 4 is 11.6 Å². The number of para-hydroxylation sites is 1. The van der Waals surface area contributed by atoms with Crippen LogP contribution in [0.1, 0.15) is 48.9 Å². The number of piperidine rings is 2. The Morgan fingerprint density at radius 1 is 0.923 bits per heavy atom. The molecule has 5 heteroatoms. The van der Waals surface area contributed by atoms with Gasteiger partial charge in [0.2, 0.25) is 0 Å². The van der Waals surface area contributed by atoms with Crippen LogP contribution < -0.4 is 4.90 Å². The molecule has 0 aromatic heterocycles. The van der Waals surface area contributed by atoms with Crippen LogP contribution >= 0.6 is 0 Å². The number of likely N-dealkylation sites (tertiary alicyclic amines) is 2. The average molecular weight is 357 g/mol. The van der Waals surface area contributed by atoms with E-state index >= 15 is 0 Å². The van der Waals surface area contributed by atoms with E-state index in [0.29, 0.717) is 6.04 Å². The molecule has 0 aliphatic carbocycles. The smallest absolute Gasteiger partial charge is 0.255 e. The number of carbonyl (C=O) groups excluding carboxylic acids is 1. The summed E-state index contributed by atoms with van der Waals surface area (Å²) in [4.78, 5) is 20.0. The molecule has 142 valence electrons. The number of anilines is 1. The van der Waals surface area contributed by atoms with E-state index in [1.807, 2.05) is 23.1 Å². The molecule has 4 rings (SSSR count). The Labute approximate surface area is 156 Å². The number of amides is 1. The first-order valence-electron chi connectivity index (χ1n) is 10.3. The Kier molecular flexibility index (Phi) is 5.46. The molecule has 0 radical (unpaired) electrons. The molecule has 0 spiro atoms. The standard InChI is InChI=1S/C21H31N3O2/c25-18-6-5-13-24(16-18)17-9-14-23(15-10-17)21(26)19-7-1-2-8-20(19)22-11-3-4-12-22/h1-2,7-8,17-18,25H,3-6,9-16H2/t18-/m1/s1. The van der Waals surface area contributed by atoms with Crippen molar-refractivity contribution in [2.24, 2.45) is 0 Å². The van der Waals surface area contributed by atoms with Gasteiger partial charge in [-0.15, -0.1) is 0 Å².